The number of rotatable bonds is 4. The highest BCUT2D eigenvalue weighted by atomic mass is 16.5. The van der Waals surface area contributed by atoms with Crippen LogP contribution in [0, 0.1) is 6.92 Å². The number of benzene rings is 2. The van der Waals surface area contributed by atoms with Crippen LogP contribution in [-0.4, -0.2) is 27.3 Å². The number of hydrogen-bond acceptors (Lipinski definition) is 6. The van der Waals surface area contributed by atoms with Gasteiger partial charge in [-0.3, -0.25) is 5.10 Å². The average Bonchev–Trinajstić information content (AvgIpc) is 3.33. The van der Waals surface area contributed by atoms with Crippen LogP contribution in [0.4, 0.5) is 17.5 Å². The summed E-state index contributed by atoms with van der Waals surface area (Å²) in [6.45, 7) is 3.56. The number of nitrogens with one attached hydrogen (secondary N) is 2. The zero-order chi connectivity index (χ0) is 19.1. The van der Waals surface area contributed by atoms with E-state index in [0.717, 1.165) is 52.9 Å². The molecular weight excluding hydrogens is 352 g/mol. The summed E-state index contributed by atoms with van der Waals surface area (Å²) in [5.41, 5.74) is 5.43. The maximum atomic E-state index is 5.34. The molecule has 0 saturated heterocycles. The van der Waals surface area contributed by atoms with Crippen LogP contribution in [0.15, 0.2) is 48.7 Å². The van der Waals surface area contributed by atoms with E-state index >= 15 is 0 Å². The number of anilines is 3. The topological polar surface area (TPSA) is 79.0 Å². The number of aryl methyl sites for hydroxylation is 1. The van der Waals surface area contributed by atoms with Crippen LogP contribution in [0.2, 0.25) is 0 Å². The third-order valence-corrected chi connectivity index (χ3v) is 4.97. The van der Waals surface area contributed by atoms with Crippen LogP contribution in [-0.2, 0) is 13.1 Å². The zero-order valence-electron chi connectivity index (χ0n) is 15.7. The Morgan fingerprint density at radius 3 is 2.82 bits per heavy atom. The highest BCUT2D eigenvalue weighted by Crippen LogP contribution is 2.30. The van der Waals surface area contributed by atoms with Gasteiger partial charge in [0.05, 0.1) is 18.8 Å². The van der Waals surface area contributed by atoms with E-state index < -0.39 is 0 Å². The van der Waals surface area contributed by atoms with Gasteiger partial charge in [0.1, 0.15) is 11.6 Å². The Hall–Kier alpha value is -3.61. The van der Waals surface area contributed by atoms with Gasteiger partial charge in [-0.05, 0) is 48.4 Å². The van der Waals surface area contributed by atoms with E-state index in [1.807, 2.05) is 43.5 Å². The molecule has 7 heteroatoms. The van der Waals surface area contributed by atoms with Crippen molar-refractivity contribution in [3.63, 3.8) is 0 Å². The van der Waals surface area contributed by atoms with E-state index in [-0.39, 0.29) is 0 Å². The van der Waals surface area contributed by atoms with Crippen LogP contribution < -0.4 is 15.0 Å². The van der Waals surface area contributed by atoms with Gasteiger partial charge in [-0.1, -0.05) is 6.07 Å². The van der Waals surface area contributed by atoms with E-state index in [1.54, 1.807) is 7.11 Å². The van der Waals surface area contributed by atoms with Crippen LogP contribution in [0.3, 0.4) is 0 Å². The molecule has 5 rings (SSSR count). The highest BCUT2D eigenvalue weighted by molar-refractivity contribution is 5.82. The number of aromatic amines is 1. The number of H-pyrrole nitrogens is 1. The summed E-state index contributed by atoms with van der Waals surface area (Å²) in [5.74, 6) is 2.38. The molecular formula is C21H20N6O. The lowest BCUT2D eigenvalue weighted by Crippen LogP contribution is -2.18. The molecule has 0 saturated carbocycles. The summed E-state index contributed by atoms with van der Waals surface area (Å²) in [5, 5.41) is 11.5. The smallest absolute Gasteiger partial charge is 0.228 e. The van der Waals surface area contributed by atoms with Crippen LogP contribution in [0.5, 0.6) is 5.75 Å². The number of fused-ring (bicyclic) bond motifs is 2. The Morgan fingerprint density at radius 2 is 1.93 bits per heavy atom. The molecule has 2 aromatic carbocycles. The van der Waals surface area contributed by atoms with Crippen molar-refractivity contribution < 1.29 is 4.74 Å². The van der Waals surface area contributed by atoms with Crippen LogP contribution in [0.25, 0.3) is 10.9 Å². The van der Waals surface area contributed by atoms with Gasteiger partial charge in [0.15, 0.2) is 0 Å². The molecule has 0 spiro atoms. The van der Waals surface area contributed by atoms with E-state index in [2.05, 4.69) is 37.5 Å². The summed E-state index contributed by atoms with van der Waals surface area (Å²) < 4.78 is 5.34. The zero-order valence-corrected chi connectivity index (χ0v) is 15.7. The average molecular weight is 372 g/mol. The van der Waals surface area contributed by atoms with Crippen LogP contribution in [0.1, 0.15) is 16.8 Å². The maximum Gasteiger partial charge on any atom is 0.228 e. The first-order chi connectivity index (χ1) is 13.7. The Labute approximate surface area is 162 Å². The van der Waals surface area contributed by atoms with Crippen molar-refractivity contribution in [3.05, 3.63) is 65.5 Å². The minimum atomic E-state index is 0.724. The number of nitrogens with zero attached hydrogens (tertiary/aromatic N) is 4. The largest absolute Gasteiger partial charge is 0.497 e. The van der Waals surface area contributed by atoms with E-state index in [0.29, 0.717) is 0 Å². The molecule has 0 radical (unpaired) electrons. The second-order valence-corrected chi connectivity index (χ2v) is 6.98. The molecule has 0 bridgehead atoms. The first-order valence-corrected chi connectivity index (χ1v) is 9.14. The molecule has 0 aliphatic carbocycles. The lowest BCUT2D eigenvalue weighted by molar-refractivity contribution is 0.414. The minimum Gasteiger partial charge on any atom is -0.497 e. The van der Waals surface area contributed by atoms with Crippen molar-refractivity contribution in [1.82, 2.24) is 20.2 Å². The third-order valence-electron chi connectivity index (χ3n) is 4.97. The quantitative estimate of drug-likeness (QED) is 0.565. The molecule has 0 fully saturated rings. The van der Waals surface area contributed by atoms with Crippen molar-refractivity contribution in [2.75, 3.05) is 17.3 Å². The highest BCUT2D eigenvalue weighted by Gasteiger charge is 2.22. The fraction of sp³-hybridized carbons (Fsp3) is 0.190. The summed E-state index contributed by atoms with van der Waals surface area (Å²) in [7, 11) is 1.69. The summed E-state index contributed by atoms with van der Waals surface area (Å²) in [6.07, 6.45) is 1.81. The van der Waals surface area contributed by atoms with Gasteiger partial charge in [0.25, 0.3) is 0 Å². The van der Waals surface area contributed by atoms with Gasteiger partial charge in [0, 0.05) is 35.9 Å². The van der Waals surface area contributed by atoms with Gasteiger partial charge < -0.3 is 15.0 Å². The number of hydrogen-bond donors (Lipinski definition) is 2. The fourth-order valence-corrected chi connectivity index (χ4v) is 3.57. The molecule has 7 nitrogen and oxygen atoms in total. The molecule has 28 heavy (non-hydrogen) atoms. The molecule has 2 N–H and O–H groups in total. The van der Waals surface area contributed by atoms with Gasteiger partial charge in [-0.25, -0.2) is 4.98 Å². The lowest BCUT2D eigenvalue weighted by Gasteiger charge is -2.17. The molecule has 140 valence electrons. The van der Waals surface area contributed by atoms with Crippen molar-refractivity contribution in [1.29, 1.82) is 0 Å². The van der Waals surface area contributed by atoms with E-state index in [9.17, 15) is 0 Å². The molecule has 0 atom stereocenters. The number of ether oxygens (including phenoxy) is 1. The standard InChI is InChI=1S/C21H20N6O/c1-13-7-20(24-17-4-6-19-15(8-17)10-22-26-19)25-21(23-13)27-11-14-3-5-18(28-2)9-16(14)12-27/h3-10H,11-12H2,1-2H3,(H,22,26)(H,23,24,25). The maximum absolute atomic E-state index is 5.34. The Bertz CT molecular complexity index is 1170. The Morgan fingerprint density at radius 1 is 1.04 bits per heavy atom. The predicted molar refractivity (Wildman–Crippen MR) is 109 cm³/mol. The van der Waals surface area contributed by atoms with E-state index in [1.165, 1.54) is 11.1 Å². The third kappa shape index (κ3) is 3.00. The first kappa shape index (κ1) is 16.6. The van der Waals surface area contributed by atoms with Gasteiger partial charge in [-0.15, -0.1) is 0 Å². The molecule has 0 unspecified atom stereocenters. The summed E-state index contributed by atoms with van der Waals surface area (Å²) in [6, 6.07) is 14.2. The minimum absolute atomic E-state index is 0.724. The Balaban J connectivity index is 1.41. The van der Waals surface area contributed by atoms with Crippen molar-refractivity contribution >= 4 is 28.4 Å². The molecule has 3 heterocycles. The number of methoxy groups -OCH3 is 1. The van der Waals surface area contributed by atoms with Gasteiger partial charge >= 0.3 is 0 Å². The Kier molecular flexibility index (Phi) is 3.86. The molecule has 1 aliphatic heterocycles. The van der Waals surface area contributed by atoms with Crippen molar-refractivity contribution in [2.45, 2.75) is 20.0 Å². The SMILES string of the molecule is COc1ccc2c(c1)CN(c1nc(C)cc(Nc3ccc4[nH]ncc4c3)n1)C2. The van der Waals surface area contributed by atoms with Gasteiger partial charge in [-0.2, -0.15) is 10.1 Å². The normalized spacial score (nSPS) is 13.0. The molecule has 1 aliphatic rings. The lowest BCUT2D eigenvalue weighted by atomic mass is 10.1. The number of aromatic nitrogens is 4. The van der Waals surface area contributed by atoms with Crippen LogP contribution >= 0.6 is 0 Å². The van der Waals surface area contributed by atoms with E-state index in [4.69, 9.17) is 9.72 Å². The summed E-state index contributed by atoms with van der Waals surface area (Å²) >= 11 is 0. The second kappa shape index (κ2) is 6.53. The molecule has 2 aromatic heterocycles. The predicted octanol–water partition coefficient (Wildman–Crippen LogP) is 3.93. The van der Waals surface area contributed by atoms with Gasteiger partial charge in [0.2, 0.25) is 5.95 Å². The fourth-order valence-electron chi connectivity index (χ4n) is 3.57. The molecule has 4 aromatic rings. The molecule has 0 amide bonds. The first-order valence-electron chi connectivity index (χ1n) is 9.14. The second-order valence-electron chi connectivity index (χ2n) is 6.98. The monoisotopic (exact) mass is 372 g/mol. The summed E-state index contributed by atoms with van der Waals surface area (Å²) in [4.78, 5) is 11.6. The van der Waals surface area contributed by atoms with Crippen molar-refractivity contribution in [3.8, 4) is 5.75 Å². The van der Waals surface area contributed by atoms with Crippen molar-refractivity contribution in [2.24, 2.45) is 0 Å².